The molecule has 19 heavy (non-hydrogen) atoms. The molecule has 1 aromatic carbocycles. The van der Waals surface area contributed by atoms with Gasteiger partial charge in [0.05, 0.1) is 15.7 Å². The van der Waals surface area contributed by atoms with Crippen LogP contribution in [0.1, 0.15) is 6.92 Å². The van der Waals surface area contributed by atoms with E-state index in [0.717, 1.165) is 21.0 Å². The number of rotatable bonds is 4. The largest absolute Gasteiger partial charge is 0.489 e. The standard InChI is InChI=1S/C14H13NO2S2/c1-9(16)8-17-10-4-2-5-11-13(10)15-14(19-11)12-6-3-7-18-12/h2-7,9,16H,8H2,1H3. The van der Waals surface area contributed by atoms with Gasteiger partial charge >= 0.3 is 0 Å². The molecule has 2 heterocycles. The SMILES string of the molecule is CC(O)COc1cccc2sc(-c3cccs3)nc12. The van der Waals surface area contributed by atoms with Crippen LogP contribution in [0.2, 0.25) is 0 Å². The molecule has 3 rings (SSSR count). The Morgan fingerprint density at radius 3 is 2.95 bits per heavy atom. The maximum Gasteiger partial charge on any atom is 0.146 e. The zero-order valence-electron chi connectivity index (χ0n) is 10.4. The van der Waals surface area contributed by atoms with Gasteiger partial charge in [-0.25, -0.2) is 4.98 Å². The number of ether oxygens (including phenoxy) is 1. The number of aliphatic hydroxyl groups excluding tert-OH is 1. The van der Waals surface area contributed by atoms with Crippen LogP contribution in [0.15, 0.2) is 35.7 Å². The van der Waals surface area contributed by atoms with E-state index in [1.165, 1.54) is 4.88 Å². The summed E-state index contributed by atoms with van der Waals surface area (Å²) in [6.07, 6.45) is -0.481. The van der Waals surface area contributed by atoms with Crippen molar-refractivity contribution in [1.29, 1.82) is 0 Å². The summed E-state index contributed by atoms with van der Waals surface area (Å²) in [6, 6.07) is 9.98. The molecule has 0 aliphatic carbocycles. The highest BCUT2D eigenvalue weighted by atomic mass is 32.1. The molecule has 0 radical (unpaired) electrons. The van der Waals surface area contributed by atoms with Crippen molar-refractivity contribution in [3.05, 3.63) is 35.7 Å². The van der Waals surface area contributed by atoms with Gasteiger partial charge in [-0.15, -0.1) is 22.7 Å². The van der Waals surface area contributed by atoms with Crippen LogP contribution < -0.4 is 4.74 Å². The van der Waals surface area contributed by atoms with Gasteiger partial charge in [0, 0.05) is 0 Å². The van der Waals surface area contributed by atoms with Crippen molar-refractivity contribution in [3.63, 3.8) is 0 Å². The summed E-state index contributed by atoms with van der Waals surface area (Å²) in [5, 5.41) is 12.4. The van der Waals surface area contributed by atoms with E-state index in [4.69, 9.17) is 4.74 Å². The van der Waals surface area contributed by atoms with Gasteiger partial charge in [-0.2, -0.15) is 0 Å². The third-order valence-electron chi connectivity index (χ3n) is 2.59. The van der Waals surface area contributed by atoms with Crippen LogP contribution in [-0.2, 0) is 0 Å². The summed E-state index contributed by atoms with van der Waals surface area (Å²) in [7, 11) is 0. The van der Waals surface area contributed by atoms with Crippen molar-refractivity contribution in [2.75, 3.05) is 6.61 Å². The van der Waals surface area contributed by atoms with Gasteiger partial charge in [0.2, 0.25) is 0 Å². The van der Waals surface area contributed by atoms with Crippen molar-refractivity contribution in [1.82, 2.24) is 4.98 Å². The first-order valence-corrected chi connectivity index (χ1v) is 7.68. The fourth-order valence-electron chi connectivity index (χ4n) is 1.76. The fourth-order valence-corrected chi connectivity index (χ4v) is 3.54. The molecule has 3 nitrogen and oxygen atoms in total. The van der Waals surface area contributed by atoms with Gasteiger partial charge in [-0.3, -0.25) is 0 Å². The fraction of sp³-hybridized carbons (Fsp3) is 0.214. The predicted molar refractivity (Wildman–Crippen MR) is 80.1 cm³/mol. The molecule has 0 saturated carbocycles. The molecule has 0 aliphatic heterocycles. The average Bonchev–Trinajstić information content (AvgIpc) is 3.04. The zero-order valence-corrected chi connectivity index (χ0v) is 12.0. The van der Waals surface area contributed by atoms with Crippen LogP contribution >= 0.6 is 22.7 Å². The molecule has 0 spiro atoms. The van der Waals surface area contributed by atoms with E-state index in [1.54, 1.807) is 29.6 Å². The van der Waals surface area contributed by atoms with Crippen molar-refractivity contribution < 1.29 is 9.84 Å². The van der Waals surface area contributed by atoms with E-state index in [9.17, 15) is 5.11 Å². The minimum atomic E-state index is -0.481. The first-order valence-electron chi connectivity index (χ1n) is 5.98. The van der Waals surface area contributed by atoms with E-state index in [-0.39, 0.29) is 6.61 Å². The molecule has 0 bridgehead atoms. The highest BCUT2D eigenvalue weighted by Crippen LogP contribution is 2.36. The number of aliphatic hydroxyl groups is 1. The highest BCUT2D eigenvalue weighted by molar-refractivity contribution is 7.25. The zero-order chi connectivity index (χ0) is 13.2. The summed E-state index contributed by atoms with van der Waals surface area (Å²) in [6.45, 7) is 1.99. The lowest BCUT2D eigenvalue weighted by atomic mass is 10.3. The number of hydrogen-bond acceptors (Lipinski definition) is 5. The molecule has 0 aliphatic rings. The molecule has 0 saturated heterocycles. The summed E-state index contributed by atoms with van der Waals surface area (Å²) in [5.41, 5.74) is 0.872. The summed E-state index contributed by atoms with van der Waals surface area (Å²) in [5.74, 6) is 0.734. The Kier molecular flexibility index (Phi) is 3.50. The van der Waals surface area contributed by atoms with E-state index in [0.29, 0.717) is 0 Å². The Morgan fingerprint density at radius 2 is 2.21 bits per heavy atom. The number of thiophene rings is 1. The van der Waals surface area contributed by atoms with Crippen LogP contribution in [0.4, 0.5) is 0 Å². The van der Waals surface area contributed by atoms with Gasteiger partial charge in [-0.1, -0.05) is 12.1 Å². The molecule has 5 heteroatoms. The van der Waals surface area contributed by atoms with E-state index in [2.05, 4.69) is 11.1 Å². The van der Waals surface area contributed by atoms with Gasteiger partial charge < -0.3 is 9.84 Å². The highest BCUT2D eigenvalue weighted by Gasteiger charge is 2.11. The third kappa shape index (κ3) is 2.63. The van der Waals surface area contributed by atoms with Crippen LogP contribution in [0, 0.1) is 0 Å². The smallest absolute Gasteiger partial charge is 0.146 e. The van der Waals surface area contributed by atoms with Gasteiger partial charge in [0.25, 0.3) is 0 Å². The predicted octanol–water partition coefficient (Wildman–Crippen LogP) is 3.78. The average molecular weight is 291 g/mol. The maximum atomic E-state index is 9.30. The maximum absolute atomic E-state index is 9.30. The minimum absolute atomic E-state index is 0.283. The number of para-hydroxylation sites is 1. The molecule has 3 aromatic rings. The molecule has 1 unspecified atom stereocenters. The Labute approximate surface area is 119 Å². The lowest BCUT2D eigenvalue weighted by Crippen LogP contribution is -2.12. The normalized spacial score (nSPS) is 12.7. The van der Waals surface area contributed by atoms with Crippen molar-refractivity contribution >= 4 is 32.9 Å². The van der Waals surface area contributed by atoms with Crippen LogP contribution in [0.3, 0.4) is 0 Å². The number of aromatic nitrogens is 1. The van der Waals surface area contributed by atoms with Gasteiger partial charge in [0.15, 0.2) is 0 Å². The number of benzene rings is 1. The number of hydrogen-bond donors (Lipinski definition) is 1. The monoisotopic (exact) mass is 291 g/mol. The van der Waals surface area contributed by atoms with E-state index >= 15 is 0 Å². The summed E-state index contributed by atoms with van der Waals surface area (Å²) in [4.78, 5) is 5.82. The molecule has 0 fully saturated rings. The second-order valence-electron chi connectivity index (χ2n) is 4.26. The molecule has 0 amide bonds. The van der Waals surface area contributed by atoms with Crippen molar-refractivity contribution in [2.45, 2.75) is 13.0 Å². The number of fused-ring (bicyclic) bond motifs is 1. The van der Waals surface area contributed by atoms with Crippen molar-refractivity contribution in [2.24, 2.45) is 0 Å². The summed E-state index contributed by atoms with van der Waals surface area (Å²) >= 11 is 3.34. The second-order valence-corrected chi connectivity index (χ2v) is 6.24. The number of nitrogens with zero attached hydrogens (tertiary/aromatic N) is 1. The van der Waals surface area contributed by atoms with E-state index in [1.807, 2.05) is 29.6 Å². The Balaban J connectivity index is 2.00. The van der Waals surface area contributed by atoms with Gasteiger partial charge in [0.1, 0.15) is 22.9 Å². The Bertz CT molecular complexity index is 674. The quantitative estimate of drug-likeness (QED) is 0.795. The molecule has 1 atom stereocenters. The Hall–Kier alpha value is -1.43. The number of thiazole rings is 1. The molecular weight excluding hydrogens is 278 g/mol. The van der Waals surface area contributed by atoms with Crippen LogP contribution in [0.5, 0.6) is 5.75 Å². The lowest BCUT2D eigenvalue weighted by Gasteiger charge is -2.07. The molecule has 2 aromatic heterocycles. The van der Waals surface area contributed by atoms with Crippen LogP contribution in [0.25, 0.3) is 20.1 Å². The second kappa shape index (κ2) is 5.28. The van der Waals surface area contributed by atoms with Crippen molar-refractivity contribution in [3.8, 4) is 15.6 Å². The minimum Gasteiger partial charge on any atom is -0.489 e. The first kappa shape index (κ1) is 12.6. The van der Waals surface area contributed by atoms with E-state index < -0.39 is 6.10 Å². The Morgan fingerprint density at radius 1 is 1.32 bits per heavy atom. The molecule has 1 N–H and O–H groups in total. The molecular formula is C14H13NO2S2. The van der Waals surface area contributed by atoms with Crippen LogP contribution in [-0.4, -0.2) is 22.8 Å². The topological polar surface area (TPSA) is 42.4 Å². The molecule has 98 valence electrons. The lowest BCUT2D eigenvalue weighted by molar-refractivity contribution is 0.123. The third-order valence-corrected chi connectivity index (χ3v) is 4.65. The first-order chi connectivity index (χ1) is 9.24. The summed E-state index contributed by atoms with van der Waals surface area (Å²) < 4.78 is 6.71. The van der Waals surface area contributed by atoms with Gasteiger partial charge in [-0.05, 0) is 30.5 Å².